The Morgan fingerprint density at radius 2 is 1.05 bits per heavy atom. The summed E-state index contributed by atoms with van der Waals surface area (Å²) >= 11 is 2.44. The molecule has 0 aromatic heterocycles. The maximum absolute atomic E-state index is 10.6. The maximum atomic E-state index is 10.6. The van der Waals surface area contributed by atoms with Crippen LogP contribution in [-0.2, 0) is 0 Å². The van der Waals surface area contributed by atoms with Crippen LogP contribution < -0.4 is 103 Å². The van der Waals surface area contributed by atoms with Crippen molar-refractivity contribution in [1.82, 2.24) is 0 Å². The molecule has 0 heterocycles. The molecule has 0 fully saturated rings. The molecule has 1 rings (SSSR count). The van der Waals surface area contributed by atoms with Gasteiger partial charge in [-0.1, -0.05) is 0 Å². The average molecular weight is 404 g/mol. The first-order chi connectivity index (χ1) is 8.20. The van der Waals surface area contributed by atoms with Crippen LogP contribution >= 0.6 is 15.9 Å². The minimum Gasteiger partial charge on any atom is -1.00 e. The molecule has 0 saturated carbocycles. The Bertz CT molecular complexity index is 502. The molecule has 0 aliphatic rings. The van der Waals surface area contributed by atoms with Crippen LogP contribution in [0, 0.1) is 30.3 Å². The minimum absolute atomic E-state index is 0. The Balaban J connectivity index is -0.000000405. The molecule has 100 valence electrons. The molecular weight excluding hydrogens is 400 g/mol. The van der Waals surface area contributed by atoms with Gasteiger partial charge in [0.2, 0.25) is 0 Å². The van der Waals surface area contributed by atoms with E-state index in [9.17, 15) is 40.6 Å². The van der Waals surface area contributed by atoms with Gasteiger partial charge >= 0.3 is 120 Å². The zero-order valence-corrected chi connectivity index (χ0v) is 17.9. The van der Waals surface area contributed by atoms with Crippen LogP contribution in [0.15, 0.2) is 4.47 Å². The molecule has 1 aromatic carbocycles. The normalized spacial score (nSPS) is 9.05. The molecule has 0 unspecified atom stereocenters. The van der Waals surface area contributed by atoms with Gasteiger partial charge < -0.3 is 13.1 Å². The monoisotopic (exact) mass is 403 g/mol. The van der Waals surface area contributed by atoms with Crippen molar-refractivity contribution in [3.8, 4) is 11.5 Å². The van der Waals surface area contributed by atoms with Crippen molar-refractivity contribution >= 4 is 33.0 Å². The Hall–Kier alpha value is 0.773. The van der Waals surface area contributed by atoms with E-state index in [-0.39, 0.29) is 106 Å². The van der Waals surface area contributed by atoms with Crippen LogP contribution in [0.3, 0.4) is 0 Å². The summed E-state index contributed by atoms with van der Waals surface area (Å²) in [6, 6.07) is 0. The van der Waals surface area contributed by atoms with E-state index in [1.54, 1.807) is 0 Å². The number of aromatic hydroxyl groups is 2. The molecule has 2 N–H and O–H groups in total. The van der Waals surface area contributed by atoms with Crippen LogP contribution in [0.2, 0.25) is 0 Å². The second-order valence-electron chi connectivity index (χ2n) is 2.83. The van der Waals surface area contributed by atoms with Gasteiger partial charge in [0.15, 0.2) is 4.47 Å². The van der Waals surface area contributed by atoms with Gasteiger partial charge in [0, 0.05) is 0 Å². The summed E-state index contributed by atoms with van der Waals surface area (Å²) in [6.07, 6.45) is 0. The summed E-state index contributed by atoms with van der Waals surface area (Å²) in [5.74, 6) is -2.94. The van der Waals surface area contributed by atoms with E-state index in [1.807, 2.05) is 0 Å². The third-order valence-electron chi connectivity index (χ3n) is 1.86. The van der Waals surface area contributed by atoms with Gasteiger partial charge in [-0.05, 0) is 15.9 Å². The third-order valence-corrected chi connectivity index (χ3v) is 2.61. The van der Waals surface area contributed by atoms with E-state index in [2.05, 4.69) is 15.9 Å². The van der Waals surface area contributed by atoms with Crippen molar-refractivity contribution in [2.45, 2.75) is 0 Å². The number of phenols is 2. The molecular formula is C6H4BrK2N3O8. The number of rotatable bonds is 3. The van der Waals surface area contributed by atoms with Crippen LogP contribution in [0.1, 0.15) is 2.85 Å². The largest absolute Gasteiger partial charge is 1.00 e. The fraction of sp³-hybridized carbons (Fsp3) is 0. The van der Waals surface area contributed by atoms with Gasteiger partial charge in [0.25, 0.3) is 11.5 Å². The summed E-state index contributed by atoms with van der Waals surface area (Å²) in [5.41, 5.74) is -4.05. The zero-order chi connectivity index (χ0) is 14.2. The number of phenolic OH excluding ortho intramolecular Hbond substituents is 2. The molecule has 0 atom stereocenters. The van der Waals surface area contributed by atoms with Crippen LogP contribution in [0.25, 0.3) is 0 Å². The molecule has 20 heavy (non-hydrogen) atoms. The SMILES string of the molecule is O=[N+]([O-])c1c(O)c([N+](=O)[O-])c(Br)c([N+](=O)[O-])c1O.[H-].[H-].[K+].[K+]. The quantitative estimate of drug-likeness (QED) is 0.290. The second kappa shape index (κ2) is 9.03. The Morgan fingerprint density at radius 1 is 0.800 bits per heavy atom. The van der Waals surface area contributed by atoms with Crippen molar-refractivity contribution in [2.24, 2.45) is 0 Å². The predicted molar refractivity (Wildman–Crippen MR) is 59.7 cm³/mol. The molecule has 0 aliphatic carbocycles. The summed E-state index contributed by atoms with van der Waals surface area (Å²) in [7, 11) is 0. The molecule has 0 saturated heterocycles. The van der Waals surface area contributed by atoms with Crippen LogP contribution in [-0.4, -0.2) is 25.0 Å². The predicted octanol–water partition coefficient (Wildman–Crippen LogP) is -4.18. The number of hydrogen-bond donors (Lipinski definition) is 2. The first kappa shape index (κ1) is 23.0. The molecule has 1 aromatic rings. The number of benzene rings is 1. The van der Waals surface area contributed by atoms with Gasteiger partial charge in [0.05, 0.1) is 14.8 Å². The number of nitro groups is 3. The van der Waals surface area contributed by atoms with E-state index >= 15 is 0 Å². The van der Waals surface area contributed by atoms with Crippen molar-refractivity contribution in [3.63, 3.8) is 0 Å². The Kier molecular flexibility index (Phi) is 10.4. The fourth-order valence-electron chi connectivity index (χ4n) is 1.16. The van der Waals surface area contributed by atoms with Crippen molar-refractivity contribution in [2.75, 3.05) is 0 Å². The summed E-state index contributed by atoms with van der Waals surface area (Å²) in [6.45, 7) is 0. The van der Waals surface area contributed by atoms with Crippen LogP contribution in [0.4, 0.5) is 17.1 Å². The molecule has 11 nitrogen and oxygen atoms in total. The first-order valence-electron chi connectivity index (χ1n) is 3.90. The number of nitrogens with zero attached hydrogens (tertiary/aromatic N) is 3. The minimum atomic E-state index is -1.50. The number of nitro benzene ring substituents is 3. The standard InChI is InChI=1S/C6H2BrN3O8.2K.2H/c7-1-2(8(13)14)5(11)4(10(17)18)6(12)3(1)9(15)16;;;;/h11-12H;;;;/q;2*+1;2*-1. The molecule has 0 aliphatic heterocycles. The summed E-state index contributed by atoms with van der Waals surface area (Å²) in [4.78, 5) is 27.8. The third kappa shape index (κ3) is 4.39. The smallest absolute Gasteiger partial charge is 1.00 e. The van der Waals surface area contributed by atoms with Crippen molar-refractivity contribution < 1.29 is 131 Å². The van der Waals surface area contributed by atoms with Gasteiger partial charge in [-0.3, -0.25) is 30.3 Å². The van der Waals surface area contributed by atoms with Gasteiger partial charge in [-0.25, -0.2) is 0 Å². The van der Waals surface area contributed by atoms with Crippen molar-refractivity contribution in [3.05, 3.63) is 34.8 Å². The molecule has 0 spiro atoms. The van der Waals surface area contributed by atoms with E-state index in [0.29, 0.717) is 0 Å². The molecule has 0 amide bonds. The zero-order valence-electron chi connectivity index (χ0n) is 12.1. The summed E-state index contributed by atoms with van der Waals surface area (Å²) in [5, 5.41) is 50.3. The van der Waals surface area contributed by atoms with Gasteiger partial charge in [0.1, 0.15) is 0 Å². The topological polar surface area (TPSA) is 170 Å². The molecule has 0 bridgehead atoms. The van der Waals surface area contributed by atoms with E-state index in [1.165, 1.54) is 0 Å². The Labute approximate surface area is 206 Å². The second-order valence-corrected chi connectivity index (χ2v) is 3.62. The van der Waals surface area contributed by atoms with E-state index < -0.39 is 47.8 Å². The Morgan fingerprint density at radius 3 is 1.25 bits per heavy atom. The maximum Gasteiger partial charge on any atom is 1.00 e. The van der Waals surface area contributed by atoms with Gasteiger partial charge in [-0.2, -0.15) is 0 Å². The van der Waals surface area contributed by atoms with Gasteiger partial charge in [-0.15, -0.1) is 0 Å². The number of hydrogen-bond acceptors (Lipinski definition) is 8. The average Bonchev–Trinajstić information content (AvgIpc) is 2.14. The van der Waals surface area contributed by atoms with E-state index in [0.717, 1.165) is 0 Å². The number of halogens is 1. The summed E-state index contributed by atoms with van der Waals surface area (Å²) < 4.78 is -0.863. The van der Waals surface area contributed by atoms with Crippen LogP contribution in [0.5, 0.6) is 11.5 Å². The van der Waals surface area contributed by atoms with E-state index in [4.69, 9.17) is 0 Å². The molecule has 0 radical (unpaired) electrons. The fourth-order valence-corrected chi connectivity index (χ4v) is 1.83. The van der Waals surface area contributed by atoms with Crippen molar-refractivity contribution in [1.29, 1.82) is 0 Å². The molecule has 14 heteroatoms. The first-order valence-corrected chi connectivity index (χ1v) is 4.70.